The molecule has 4 heterocycles. The molecule has 1 N–H and O–H groups in total. The maximum Gasteiger partial charge on any atom is 0.241 e. The van der Waals surface area contributed by atoms with Gasteiger partial charge in [-0.15, -0.1) is 0 Å². The molecule has 0 saturated carbocycles. The summed E-state index contributed by atoms with van der Waals surface area (Å²) >= 11 is 0. The fourth-order valence-corrected chi connectivity index (χ4v) is 4.20. The lowest BCUT2D eigenvalue weighted by Gasteiger charge is -2.24. The maximum atomic E-state index is 14.7. The van der Waals surface area contributed by atoms with Crippen LogP contribution in [0.2, 0.25) is 0 Å². The van der Waals surface area contributed by atoms with Crippen LogP contribution in [0.5, 0.6) is 11.5 Å². The molecule has 3 aromatic rings. The predicted octanol–water partition coefficient (Wildman–Crippen LogP) is 3.09. The van der Waals surface area contributed by atoms with Gasteiger partial charge in [0.05, 0.1) is 17.4 Å². The van der Waals surface area contributed by atoms with Gasteiger partial charge in [-0.05, 0) is 31.5 Å². The van der Waals surface area contributed by atoms with E-state index >= 15 is 0 Å². The molecule has 2 aliphatic rings. The Hall–Kier alpha value is -3.53. The van der Waals surface area contributed by atoms with Gasteiger partial charge < -0.3 is 14.8 Å². The molecule has 166 valence electrons. The van der Waals surface area contributed by atoms with Crippen LogP contribution in [0.4, 0.5) is 14.5 Å². The summed E-state index contributed by atoms with van der Waals surface area (Å²) in [6.45, 7) is 1.21. The summed E-state index contributed by atoms with van der Waals surface area (Å²) < 4.78 is 41.8. The molecule has 0 radical (unpaired) electrons. The Bertz CT molecular complexity index is 1180. The summed E-state index contributed by atoms with van der Waals surface area (Å²) in [6.07, 6.45) is 4.55. The summed E-state index contributed by atoms with van der Waals surface area (Å²) in [7, 11) is 1.64. The van der Waals surface area contributed by atoms with E-state index in [2.05, 4.69) is 15.4 Å². The molecule has 10 heteroatoms. The second-order valence-corrected chi connectivity index (χ2v) is 7.76. The monoisotopic (exact) mass is 441 g/mol. The second kappa shape index (κ2) is 8.19. The molecule has 5 rings (SSSR count). The molecule has 1 aromatic carbocycles. The standard InChI is InChI=1S/C22H21F2N5O3/c1-28-18(4-7-26-28)13-9-15(24)16(10-14(13)23)27-22(30)19-3-2-8-29(19)11-17-21-20(5-6-25-17)31-12-32-21/h4-7,9-10,19H,2-3,8,11-12H2,1H3,(H,27,30)/t19-/m1/s1. The molecule has 32 heavy (non-hydrogen) atoms. The van der Waals surface area contributed by atoms with Crippen LogP contribution in [-0.4, -0.2) is 45.0 Å². The summed E-state index contributed by atoms with van der Waals surface area (Å²) in [5.74, 6) is -0.541. The van der Waals surface area contributed by atoms with Crippen LogP contribution >= 0.6 is 0 Å². The lowest BCUT2D eigenvalue weighted by atomic mass is 10.1. The van der Waals surface area contributed by atoms with Gasteiger partial charge in [0.1, 0.15) is 17.3 Å². The van der Waals surface area contributed by atoms with Crippen LogP contribution in [0.25, 0.3) is 11.3 Å². The first-order valence-electron chi connectivity index (χ1n) is 10.3. The zero-order valence-corrected chi connectivity index (χ0v) is 17.3. The molecule has 0 aliphatic carbocycles. The molecule has 0 spiro atoms. The van der Waals surface area contributed by atoms with E-state index in [9.17, 15) is 13.6 Å². The highest BCUT2D eigenvalue weighted by atomic mass is 19.1. The number of carbonyl (C=O) groups is 1. The van der Waals surface area contributed by atoms with Crippen molar-refractivity contribution in [1.82, 2.24) is 19.7 Å². The highest BCUT2D eigenvalue weighted by Gasteiger charge is 2.33. The number of hydrogen-bond acceptors (Lipinski definition) is 6. The Morgan fingerprint density at radius 1 is 1.22 bits per heavy atom. The Labute approximate surface area is 182 Å². The summed E-state index contributed by atoms with van der Waals surface area (Å²) in [4.78, 5) is 19.3. The lowest BCUT2D eigenvalue weighted by Crippen LogP contribution is -2.39. The molecular weight excluding hydrogens is 420 g/mol. The number of amides is 1. The molecule has 1 fully saturated rings. The van der Waals surface area contributed by atoms with E-state index in [0.717, 1.165) is 18.6 Å². The van der Waals surface area contributed by atoms with Gasteiger partial charge in [-0.2, -0.15) is 5.10 Å². The molecule has 1 saturated heterocycles. The van der Waals surface area contributed by atoms with Crippen molar-refractivity contribution in [2.45, 2.75) is 25.4 Å². The number of fused-ring (bicyclic) bond motifs is 1. The highest BCUT2D eigenvalue weighted by Crippen LogP contribution is 2.35. The molecule has 1 atom stereocenters. The van der Waals surface area contributed by atoms with Crippen LogP contribution in [0.1, 0.15) is 18.5 Å². The number of halogens is 2. The van der Waals surface area contributed by atoms with E-state index in [4.69, 9.17) is 9.47 Å². The topological polar surface area (TPSA) is 81.5 Å². The smallest absolute Gasteiger partial charge is 0.241 e. The first-order chi connectivity index (χ1) is 15.5. The third-order valence-electron chi connectivity index (χ3n) is 5.79. The normalized spacial score (nSPS) is 17.7. The van der Waals surface area contributed by atoms with Gasteiger partial charge >= 0.3 is 0 Å². The number of nitrogens with zero attached hydrogens (tertiary/aromatic N) is 4. The van der Waals surface area contributed by atoms with Gasteiger partial charge in [0.15, 0.2) is 11.5 Å². The number of carbonyl (C=O) groups excluding carboxylic acids is 1. The largest absolute Gasteiger partial charge is 0.453 e. The molecule has 8 nitrogen and oxygen atoms in total. The van der Waals surface area contributed by atoms with Gasteiger partial charge in [0.2, 0.25) is 12.7 Å². The van der Waals surface area contributed by atoms with Crippen molar-refractivity contribution in [2.75, 3.05) is 18.7 Å². The quantitative estimate of drug-likeness (QED) is 0.656. The Morgan fingerprint density at radius 3 is 2.91 bits per heavy atom. The van der Waals surface area contributed by atoms with Crippen molar-refractivity contribution < 1.29 is 23.0 Å². The van der Waals surface area contributed by atoms with E-state index in [1.807, 2.05) is 4.90 Å². The zero-order chi connectivity index (χ0) is 22.2. The second-order valence-electron chi connectivity index (χ2n) is 7.76. The van der Waals surface area contributed by atoms with Crippen molar-refractivity contribution in [3.63, 3.8) is 0 Å². The summed E-state index contributed by atoms with van der Waals surface area (Å²) in [6, 6.07) is 4.91. The first kappa shape index (κ1) is 20.4. The van der Waals surface area contributed by atoms with E-state index in [1.165, 1.54) is 10.9 Å². The minimum atomic E-state index is -0.714. The van der Waals surface area contributed by atoms with Crippen LogP contribution in [0, 0.1) is 11.6 Å². The number of likely N-dealkylation sites (tertiary alicyclic amines) is 1. The summed E-state index contributed by atoms with van der Waals surface area (Å²) in [5, 5.41) is 6.54. The third kappa shape index (κ3) is 3.66. The van der Waals surface area contributed by atoms with Crippen LogP contribution in [0.15, 0.2) is 36.7 Å². The lowest BCUT2D eigenvalue weighted by molar-refractivity contribution is -0.120. The minimum absolute atomic E-state index is 0.0780. The summed E-state index contributed by atoms with van der Waals surface area (Å²) in [5.41, 5.74) is 1.00. The fourth-order valence-electron chi connectivity index (χ4n) is 4.20. The molecular formula is C22H21F2N5O3. The number of anilines is 1. The van der Waals surface area contributed by atoms with Gasteiger partial charge in [0, 0.05) is 43.7 Å². The van der Waals surface area contributed by atoms with Crippen LogP contribution in [0.3, 0.4) is 0 Å². The predicted molar refractivity (Wildman–Crippen MR) is 111 cm³/mol. The number of pyridine rings is 1. The highest BCUT2D eigenvalue weighted by molar-refractivity contribution is 5.95. The van der Waals surface area contributed by atoms with Gasteiger partial charge in [-0.25, -0.2) is 8.78 Å². The van der Waals surface area contributed by atoms with E-state index in [1.54, 1.807) is 25.4 Å². The SMILES string of the molecule is Cn1nccc1-c1cc(F)c(NC(=O)[C@H]2CCCN2Cc2nccc3c2OCO3)cc1F. The molecule has 0 unspecified atom stereocenters. The van der Waals surface area contributed by atoms with Gasteiger partial charge in [0.25, 0.3) is 0 Å². The Morgan fingerprint density at radius 2 is 2.09 bits per heavy atom. The molecule has 0 bridgehead atoms. The Kier molecular flexibility index (Phi) is 5.22. The van der Waals surface area contributed by atoms with Crippen molar-refractivity contribution in [2.24, 2.45) is 7.05 Å². The minimum Gasteiger partial charge on any atom is -0.453 e. The zero-order valence-electron chi connectivity index (χ0n) is 17.3. The number of ether oxygens (including phenoxy) is 2. The van der Waals surface area contributed by atoms with Gasteiger partial charge in [-0.3, -0.25) is 19.4 Å². The average molecular weight is 441 g/mol. The molecule has 1 amide bonds. The van der Waals surface area contributed by atoms with Crippen molar-refractivity contribution in [3.8, 4) is 22.8 Å². The number of aryl methyl sites for hydroxylation is 1. The number of benzene rings is 1. The molecule has 2 aliphatic heterocycles. The number of nitrogens with one attached hydrogen (secondary N) is 1. The van der Waals surface area contributed by atoms with Crippen molar-refractivity contribution >= 4 is 11.6 Å². The maximum absolute atomic E-state index is 14.7. The number of hydrogen-bond donors (Lipinski definition) is 1. The fraction of sp³-hybridized carbons (Fsp3) is 0.318. The van der Waals surface area contributed by atoms with E-state index in [-0.39, 0.29) is 24.0 Å². The first-order valence-corrected chi connectivity index (χ1v) is 10.3. The average Bonchev–Trinajstić information content (AvgIpc) is 3.51. The van der Waals surface area contributed by atoms with E-state index in [0.29, 0.717) is 42.4 Å². The van der Waals surface area contributed by atoms with Crippen molar-refractivity contribution in [3.05, 3.63) is 54.0 Å². The number of aromatic nitrogens is 3. The number of rotatable bonds is 5. The van der Waals surface area contributed by atoms with E-state index < -0.39 is 17.7 Å². The van der Waals surface area contributed by atoms with Crippen LogP contribution in [-0.2, 0) is 18.4 Å². The van der Waals surface area contributed by atoms with Crippen LogP contribution < -0.4 is 14.8 Å². The van der Waals surface area contributed by atoms with Crippen molar-refractivity contribution in [1.29, 1.82) is 0 Å². The van der Waals surface area contributed by atoms with Gasteiger partial charge in [-0.1, -0.05) is 0 Å². The molecule has 2 aromatic heterocycles. The third-order valence-corrected chi connectivity index (χ3v) is 5.79. The Balaban J connectivity index is 1.33.